The van der Waals surface area contributed by atoms with Crippen LogP contribution >= 0.6 is 0 Å². The predicted molar refractivity (Wildman–Crippen MR) is 66.5 cm³/mol. The quantitative estimate of drug-likeness (QED) is 0.640. The molecule has 5 heteroatoms. The van der Waals surface area contributed by atoms with Gasteiger partial charge < -0.3 is 4.74 Å². The molecule has 0 aliphatic heterocycles. The van der Waals surface area contributed by atoms with Crippen molar-refractivity contribution in [3.05, 3.63) is 36.0 Å². The summed E-state index contributed by atoms with van der Waals surface area (Å²) in [5.74, 6) is -0.0206. The average Bonchev–Trinajstić information content (AvgIpc) is 2.38. The first-order chi connectivity index (χ1) is 8.61. The zero-order valence-corrected chi connectivity index (χ0v) is 10.2. The van der Waals surface area contributed by atoms with Crippen molar-refractivity contribution >= 4 is 16.8 Å². The van der Waals surface area contributed by atoms with Crippen LogP contribution in [0.25, 0.3) is 10.9 Å². The van der Waals surface area contributed by atoms with Gasteiger partial charge in [0.2, 0.25) is 0 Å². The van der Waals surface area contributed by atoms with Crippen molar-refractivity contribution in [2.24, 2.45) is 0 Å². The molecule has 5 nitrogen and oxygen atoms in total. The molecule has 1 aromatic carbocycles. The van der Waals surface area contributed by atoms with Crippen LogP contribution in [0.1, 0.15) is 12.5 Å². The van der Waals surface area contributed by atoms with Crippen LogP contribution in [0.2, 0.25) is 0 Å². The lowest BCUT2D eigenvalue weighted by Crippen LogP contribution is -2.34. The zero-order valence-electron chi connectivity index (χ0n) is 10.2. The summed E-state index contributed by atoms with van der Waals surface area (Å²) in [7, 11) is 0. The fourth-order valence-electron chi connectivity index (χ4n) is 1.68. The summed E-state index contributed by atoms with van der Waals surface area (Å²) in [5, 5.41) is 9.49. The monoisotopic (exact) mass is 246 g/mol. The van der Waals surface area contributed by atoms with Crippen LogP contribution < -0.4 is 10.2 Å². The van der Waals surface area contributed by atoms with Crippen molar-refractivity contribution in [1.82, 2.24) is 10.5 Å². The number of carbonyl (C=O) groups is 1. The lowest BCUT2D eigenvalue weighted by molar-refractivity contribution is -0.135. The SMILES string of the molecule is Cc1ccnc2ccc(OC(C)C(=O)NO)cc12. The normalized spacial score (nSPS) is 12.2. The van der Waals surface area contributed by atoms with Crippen LogP contribution in [0.3, 0.4) is 0 Å². The Balaban J connectivity index is 2.30. The molecule has 0 aliphatic rings. The summed E-state index contributed by atoms with van der Waals surface area (Å²) < 4.78 is 5.43. The molecule has 0 saturated carbocycles. The molecule has 2 aromatic rings. The van der Waals surface area contributed by atoms with Gasteiger partial charge in [0, 0.05) is 11.6 Å². The average molecular weight is 246 g/mol. The highest BCUT2D eigenvalue weighted by atomic mass is 16.5. The van der Waals surface area contributed by atoms with Gasteiger partial charge >= 0.3 is 0 Å². The largest absolute Gasteiger partial charge is 0.481 e. The highest BCUT2D eigenvalue weighted by Crippen LogP contribution is 2.22. The minimum atomic E-state index is -0.760. The second-order valence-corrected chi connectivity index (χ2v) is 4.04. The van der Waals surface area contributed by atoms with Gasteiger partial charge in [-0.15, -0.1) is 0 Å². The van der Waals surface area contributed by atoms with Gasteiger partial charge in [-0.1, -0.05) is 0 Å². The van der Waals surface area contributed by atoms with E-state index in [1.807, 2.05) is 25.1 Å². The Bertz CT molecular complexity index is 583. The molecule has 0 aliphatic carbocycles. The predicted octanol–water partition coefficient (Wildman–Crippen LogP) is 1.82. The summed E-state index contributed by atoms with van der Waals surface area (Å²) in [5.41, 5.74) is 3.52. The van der Waals surface area contributed by atoms with Crippen molar-refractivity contribution in [3.8, 4) is 5.75 Å². The number of ether oxygens (including phenoxy) is 1. The fraction of sp³-hybridized carbons (Fsp3) is 0.231. The van der Waals surface area contributed by atoms with E-state index in [1.54, 1.807) is 24.7 Å². The number of fused-ring (bicyclic) bond motifs is 1. The van der Waals surface area contributed by atoms with E-state index in [1.165, 1.54) is 0 Å². The van der Waals surface area contributed by atoms with Crippen molar-refractivity contribution in [2.75, 3.05) is 0 Å². The molecule has 1 unspecified atom stereocenters. The Hall–Kier alpha value is -2.14. The third-order valence-corrected chi connectivity index (χ3v) is 2.72. The first-order valence-corrected chi connectivity index (χ1v) is 5.58. The molecule has 2 N–H and O–H groups in total. The van der Waals surface area contributed by atoms with Gasteiger partial charge in [-0.25, -0.2) is 5.48 Å². The van der Waals surface area contributed by atoms with Gasteiger partial charge in [-0.3, -0.25) is 15.0 Å². The number of benzene rings is 1. The van der Waals surface area contributed by atoms with Crippen molar-refractivity contribution in [3.63, 3.8) is 0 Å². The summed E-state index contributed by atoms with van der Waals surface area (Å²) in [6.45, 7) is 3.55. The van der Waals surface area contributed by atoms with E-state index < -0.39 is 12.0 Å². The molecule has 0 radical (unpaired) electrons. The van der Waals surface area contributed by atoms with Gasteiger partial charge in [0.1, 0.15) is 5.75 Å². The van der Waals surface area contributed by atoms with Gasteiger partial charge in [0.05, 0.1) is 5.52 Å². The Morgan fingerprint density at radius 3 is 2.94 bits per heavy atom. The summed E-state index contributed by atoms with van der Waals surface area (Å²) >= 11 is 0. The number of hydrogen-bond donors (Lipinski definition) is 2. The Morgan fingerprint density at radius 2 is 2.22 bits per heavy atom. The maximum atomic E-state index is 11.1. The second kappa shape index (κ2) is 5.01. The number of nitrogens with zero attached hydrogens (tertiary/aromatic N) is 1. The van der Waals surface area contributed by atoms with Crippen molar-refractivity contribution in [2.45, 2.75) is 20.0 Å². The minimum Gasteiger partial charge on any atom is -0.481 e. The fourth-order valence-corrected chi connectivity index (χ4v) is 1.68. The van der Waals surface area contributed by atoms with Crippen LogP contribution in [0.15, 0.2) is 30.5 Å². The first kappa shape index (κ1) is 12.3. The van der Waals surface area contributed by atoms with E-state index in [0.29, 0.717) is 5.75 Å². The van der Waals surface area contributed by atoms with Gasteiger partial charge in [0.25, 0.3) is 5.91 Å². The number of nitrogens with one attached hydrogen (secondary N) is 1. The smallest absolute Gasteiger partial charge is 0.284 e. The summed E-state index contributed by atoms with van der Waals surface area (Å²) in [4.78, 5) is 15.4. The number of aromatic nitrogens is 1. The first-order valence-electron chi connectivity index (χ1n) is 5.58. The number of amides is 1. The molecule has 1 amide bonds. The molecule has 0 fully saturated rings. The number of carbonyl (C=O) groups excluding carboxylic acids is 1. The minimum absolute atomic E-state index is 0.565. The van der Waals surface area contributed by atoms with Crippen LogP contribution in [-0.4, -0.2) is 22.2 Å². The number of aryl methyl sites for hydroxylation is 1. The van der Waals surface area contributed by atoms with Gasteiger partial charge in [0.15, 0.2) is 6.10 Å². The van der Waals surface area contributed by atoms with Crippen LogP contribution in [0, 0.1) is 6.92 Å². The third-order valence-electron chi connectivity index (χ3n) is 2.72. The van der Waals surface area contributed by atoms with E-state index in [0.717, 1.165) is 16.5 Å². The maximum absolute atomic E-state index is 11.1. The lowest BCUT2D eigenvalue weighted by atomic mass is 10.1. The molecule has 1 atom stereocenters. The molecule has 1 aromatic heterocycles. The highest BCUT2D eigenvalue weighted by molar-refractivity contribution is 5.83. The molecule has 0 saturated heterocycles. The Morgan fingerprint density at radius 1 is 1.44 bits per heavy atom. The maximum Gasteiger partial charge on any atom is 0.284 e. The topological polar surface area (TPSA) is 71.5 Å². The van der Waals surface area contributed by atoms with E-state index in [-0.39, 0.29) is 0 Å². The van der Waals surface area contributed by atoms with Crippen LogP contribution in [-0.2, 0) is 4.79 Å². The van der Waals surface area contributed by atoms with Crippen LogP contribution in [0.5, 0.6) is 5.75 Å². The van der Waals surface area contributed by atoms with E-state index in [2.05, 4.69) is 4.98 Å². The van der Waals surface area contributed by atoms with Crippen molar-refractivity contribution < 1.29 is 14.7 Å². The number of rotatable bonds is 3. The highest BCUT2D eigenvalue weighted by Gasteiger charge is 2.13. The Labute approximate surface area is 104 Å². The van der Waals surface area contributed by atoms with E-state index >= 15 is 0 Å². The number of pyridine rings is 1. The third kappa shape index (κ3) is 2.41. The second-order valence-electron chi connectivity index (χ2n) is 4.04. The molecule has 0 spiro atoms. The Kier molecular flexibility index (Phi) is 3.43. The molecule has 94 valence electrons. The summed E-state index contributed by atoms with van der Waals surface area (Å²) in [6, 6.07) is 7.33. The number of hydrogen-bond acceptors (Lipinski definition) is 4. The number of hydroxylamine groups is 1. The summed E-state index contributed by atoms with van der Waals surface area (Å²) in [6.07, 6.45) is 0.990. The molecule has 1 heterocycles. The van der Waals surface area contributed by atoms with E-state index in [9.17, 15) is 4.79 Å². The standard InChI is InChI=1S/C13H14N2O3/c1-8-5-6-14-12-4-3-10(7-11(8)12)18-9(2)13(16)15-17/h3-7,9,17H,1-2H3,(H,15,16). The molecule has 2 rings (SSSR count). The van der Waals surface area contributed by atoms with Gasteiger partial charge in [-0.05, 0) is 43.7 Å². The van der Waals surface area contributed by atoms with Gasteiger partial charge in [-0.2, -0.15) is 0 Å². The lowest BCUT2D eigenvalue weighted by Gasteiger charge is -2.13. The molecule has 18 heavy (non-hydrogen) atoms. The zero-order chi connectivity index (χ0) is 13.1. The molecular formula is C13H14N2O3. The molecule has 0 bridgehead atoms. The molecular weight excluding hydrogens is 232 g/mol. The van der Waals surface area contributed by atoms with E-state index in [4.69, 9.17) is 9.94 Å². The van der Waals surface area contributed by atoms with Crippen molar-refractivity contribution in [1.29, 1.82) is 0 Å². The van der Waals surface area contributed by atoms with Crippen LogP contribution in [0.4, 0.5) is 0 Å².